The molecule has 0 saturated carbocycles. The number of fused-ring (bicyclic) bond motifs is 1. The highest BCUT2D eigenvalue weighted by Gasteiger charge is 2.30. The minimum Gasteiger partial charge on any atom is -0.479 e. The number of aliphatic carboxylic acids is 1. The highest BCUT2D eigenvalue weighted by atomic mass is 35.5. The Hall–Kier alpha value is -2.84. The number of halogens is 2. The van der Waals surface area contributed by atoms with Crippen LogP contribution in [0, 0.1) is 19.7 Å². The average molecular weight is 432 g/mol. The first kappa shape index (κ1) is 20.4. The molecule has 1 aliphatic rings. The van der Waals surface area contributed by atoms with Crippen LogP contribution in [0.1, 0.15) is 35.7 Å². The third-order valence-corrected chi connectivity index (χ3v) is 5.70. The molecule has 0 radical (unpaired) electrons. The third kappa shape index (κ3) is 3.57. The van der Waals surface area contributed by atoms with Crippen molar-refractivity contribution in [2.24, 2.45) is 0 Å². The van der Waals surface area contributed by atoms with Crippen molar-refractivity contribution in [3.63, 3.8) is 0 Å². The fourth-order valence-electron chi connectivity index (χ4n) is 3.65. The lowest BCUT2D eigenvalue weighted by Crippen LogP contribution is -2.32. The molecule has 1 N–H and O–H groups in total. The molecule has 3 heterocycles. The van der Waals surface area contributed by atoms with E-state index in [1.807, 2.05) is 0 Å². The van der Waals surface area contributed by atoms with Crippen LogP contribution in [-0.4, -0.2) is 38.2 Å². The van der Waals surface area contributed by atoms with Crippen molar-refractivity contribution in [1.29, 1.82) is 0 Å². The second kappa shape index (κ2) is 7.77. The number of carboxylic acids is 1. The number of aryl methyl sites for hydroxylation is 1. The standard InChI is InChI=1S/C21H19ClFN3O4/c1-10-11(2)24-19-18(14-4-3-13(22)8-15(14)23)25-16(9-26(19)20(10)27)12-5-6-30-17(7-12)21(28)29/h3-4,8-9,12,17H,5-7H2,1-2H3,(H,28,29). The molecule has 2 unspecified atom stereocenters. The molecule has 1 fully saturated rings. The van der Waals surface area contributed by atoms with Gasteiger partial charge in [-0.1, -0.05) is 11.6 Å². The van der Waals surface area contributed by atoms with Crippen molar-refractivity contribution in [1.82, 2.24) is 14.4 Å². The van der Waals surface area contributed by atoms with Crippen LogP contribution in [0.25, 0.3) is 16.9 Å². The Labute approximate surface area is 176 Å². The zero-order chi connectivity index (χ0) is 21.6. The summed E-state index contributed by atoms with van der Waals surface area (Å²) in [5.41, 5.74) is 1.82. The van der Waals surface area contributed by atoms with E-state index in [9.17, 15) is 19.1 Å². The van der Waals surface area contributed by atoms with Gasteiger partial charge in [-0.3, -0.25) is 9.20 Å². The largest absolute Gasteiger partial charge is 0.479 e. The van der Waals surface area contributed by atoms with E-state index in [1.54, 1.807) is 26.1 Å². The Morgan fingerprint density at radius 1 is 1.33 bits per heavy atom. The lowest BCUT2D eigenvalue weighted by Gasteiger charge is -2.27. The average Bonchev–Trinajstić information content (AvgIpc) is 2.72. The smallest absolute Gasteiger partial charge is 0.332 e. The highest BCUT2D eigenvalue weighted by molar-refractivity contribution is 6.30. The van der Waals surface area contributed by atoms with Crippen LogP contribution >= 0.6 is 11.6 Å². The maximum atomic E-state index is 14.7. The minimum atomic E-state index is -1.05. The summed E-state index contributed by atoms with van der Waals surface area (Å²) in [4.78, 5) is 33.4. The number of aromatic nitrogens is 3. The monoisotopic (exact) mass is 431 g/mol. The van der Waals surface area contributed by atoms with E-state index < -0.39 is 17.9 Å². The van der Waals surface area contributed by atoms with Crippen LogP contribution in [0.2, 0.25) is 5.02 Å². The van der Waals surface area contributed by atoms with Crippen LogP contribution in [-0.2, 0) is 9.53 Å². The molecule has 156 valence electrons. The highest BCUT2D eigenvalue weighted by Crippen LogP contribution is 2.33. The van der Waals surface area contributed by atoms with Gasteiger partial charge in [0.25, 0.3) is 5.56 Å². The normalized spacial score (nSPS) is 19.2. The summed E-state index contributed by atoms with van der Waals surface area (Å²) < 4.78 is 21.4. The second-order valence-corrected chi connectivity index (χ2v) is 7.81. The summed E-state index contributed by atoms with van der Waals surface area (Å²) in [6.07, 6.45) is 1.37. The van der Waals surface area contributed by atoms with Crippen LogP contribution in [0.3, 0.4) is 0 Å². The van der Waals surface area contributed by atoms with Gasteiger partial charge in [-0.25, -0.2) is 19.2 Å². The topological polar surface area (TPSA) is 93.8 Å². The molecule has 3 aromatic rings. The third-order valence-electron chi connectivity index (χ3n) is 5.46. The van der Waals surface area contributed by atoms with Crippen LogP contribution in [0.15, 0.2) is 29.2 Å². The molecule has 1 saturated heterocycles. The first-order valence-electron chi connectivity index (χ1n) is 9.46. The Kier molecular flexibility index (Phi) is 5.29. The Morgan fingerprint density at radius 3 is 2.80 bits per heavy atom. The molecule has 0 bridgehead atoms. The summed E-state index contributed by atoms with van der Waals surface area (Å²) in [6.45, 7) is 3.64. The van der Waals surface area contributed by atoms with Gasteiger partial charge in [-0.05, 0) is 44.9 Å². The van der Waals surface area contributed by atoms with Gasteiger partial charge in [0.15, 0.2) is 11.8 Å². The van der Waals surface area contributed by atoms with Gasteiger partial charge in [0.1, 0.15) is 11.5 Å². The van der Waals surface area contributed by atoms with Gasteiger partial charge in [0, 0.05) is 40.6 Å². The number of hydrogen-bond donors (Lipinski definition) is 1. The van der Waals surface area contributed by atoms with E-state index in [2.05, 4.69) is 9.97 Å². The number of rotatable bonds is 3. The zero-order valence-electron chi connectivity index (χ0n) is 16.4. The maximum absolute atomic E-state index is 14.7. The number of carboxylic acid groups (broad SMARTS) is 1. The van der Waals surface area contributed by atoms with Crippen molar-refractivity contribution in [2.75, 3.05) is 6.61 Å². The molecule has 30 heavy (non-hydrogen) atoms. The van der Waals surface area contributed by atoms with E-state index in [1.165, 1.54) is 16.5 Å². The van der Waals surface area contributed by atoms with Gasteiger partial charge in [0.05, 0.1) is 5.69 Å². The first-order chi connectivity index (χ1) is 14.3. The molecule has 0 amide bonds. The molecular weight excluding hydrogens is 413 g/mol. The predicted molar refractivity (Wildman–Crippen MR) is 108 cm³/mol. The fourth-order valence-corrected chi connectivity index (χ4v) is 3.81. The van der Waals surface area contributed by atoms with E-state index in [-0.39, 0.29) is 46.4 Å². The molecule has 2 aromatic heterocycles. The molecular formula is C21H19ClFN3O4. The predicted octanol–water partition coefficient (Wildman–Crippen LogP) is 3.51. The van der Waals surface area contributed by atoms with Crippen molar-refractivity contribution in [2.45, 2.75) is 38.7 Å². The molecule has 0 spiro atoms. The Morgan fingerprint density at radius 2 is 2.10 bits per heavy atom. The van der Waals surface area contributed by atoms with Crippen LogP contribution in [0.4, 0.5) is 4.39 Å². The lowest BCUT2D eigenvalue weighted by molar-refractivity contribution is -0.153. The first-order valence-corrected chi connectivity index (χ1v) is 9.84. The number of carbonyl (C=O) groups is 1. The van der Waals surface area contributed by atoms with Gasteiger partial charge in [-0.15, -0.1) is 0 Å². The molecule has 4 rings (SSSR count). The number of hydrogen-bond acceptors (Lipinski definition) is 5. The van der Waals surface area contributed by atoms with Crippen LogP contribution < -0.4 is 5.56 Å². The molecule has 1 aliphatic heterocycles. The SMILES string of the molecule is Cc1nc2c(-c3ccc(Cl)cc3F)nc(C3CCOC(C(=O)O)C3)cn2c(=O)c1C. The van der Waals surface area contributed by atoms with E-state index in [4.69, 9.17) is 16.3 Å². The Bertz CT molecular complexity index is 1230. The fraction of sp³-hybridized carbons (Fsp3) is 0.333. The summed E-state index contributed by atoms with van der Waals surface area (Å²) in [7, 11) is 0. The van der Waals surface area contributed by atoms with Gasteiger partial charge >= 0.3 is 5.97 Å². The molecule has 0 aliphatic carbocycles. The molecule has 9 heteroatoms. The summed E-state index contributed by atoms with van der Waals surface area (Å²) >= 11 is 5.89. The Balaban J connectivity index is 1.97. The van der Waals surface area contributed by atoms with Gasteiger partial charge < -0.3 is 9.84 Å². The lowest BCUT2D eigenvalue weighted by atomic mass is 9.92. The number of ether oxygens (including phenoxy) is 1. The van der Waals surface area contributed by atoms with E-state index in [0.717, 1.165) is 0 Å². The second-order valence-electron chi connectivity index (χ2n) is 7.38. The maximum Gasteiger partial charge on any atom is 0.332 e. The molecule has 1 aromatic carbocycles. The molecule has 7 nitrogen and oxygen atoms in total. The summed E-state index contributed by atoms with van der Waals surface area (Å²) in [5.74, 6) is -1.89. The van der Waals surface area contributed by atoms with Crippen molar-refractivity contribution < 1.29 is 19.0 Å². The summed E-state index contributed by atoms with van der Waals surface area (Å²) in [6, 6.07) is 4.21. The zero-order valence-corrected chi connectivity index (χ0v) is 17.1. The number of nitrogens with zero attached hydrogens (tertiary/aromatic N) is 3. The molecule has 2 atom stereocenters. The van der Waals surface area contributed by atoms with Crippen molar-refractivity contribution in [3.8, 4) is 11.3 Å². The van der Waals surface area contributed by atoms with Crippen LogP contribution in [0.5, 0.6) is 0 Å². The van der Waals surface area contributed by atoms with E-state index in [0.29, 0.717) is 23.4 Å². The van der Waals surface area contributed by atoms with Gasteiger partial charge in [0.2, 0.25) is 0 Å². The minimum absolute atomic E-state index is 0.163. The quantitative estimate of drug-likeness (QED) is 0.682. The summed E-state index contributed by atoms with van der Waals surface area (Å²) in [5, 5.41) is 9.55. The van der Waals surface area contributed by atoms with Crippen molar-refractivity contribution >= 4 is 23.2 Å². The van der Waals surface area contributed by atoms with Gasteiger partial charge in [-0.2, -0.15) is 0 Å². The number of benzene rings is 1. The van der Waals surface area contributed by atoms with E-state index >= 15 is 0 Å². The van der Waals surface area contributed by atoms with Crippen molar-refractivity contribution in [3.05, 3.63) is 62.5 Å².